The van der Waals surface area contributed by atoms with Crippen LogP contribution in [-0.4, -0.2) is 10.9 Å². The molecule has 0 radical (unpaired) electrons. The number of rotatable bonds is 4. The molecule has 0 bridgehead atoms. The fourth-order valence-corrected chi connectivity index (χ4v) is 2.99. The van der Waals surface area contributed by atoms with Crippen LogP contribution in [0.25, 0.3) is 11.3 Å². The fraction of sp³-hybridized carbons (Fsp3) is 0.100. The average molecular weight is 355 g/mol. The average Bonchev–Trinajstić information content (AvgIpc) is 2.58. The van der Waals surface area contributed by atoms with Gasteiger partial charge in [-0.1, -0.05) is 53.6 Å². The number of carbonyl (C=O) groups excluding carboxylic acids is 1. The van der Waals surface area contributed by atoms with Crippen molar-refractivity contribution in [2.75, 3.05) is 0 Å². The van der Waals surface area contributed by atoms with E-state index < -0.39 is 17.6 Å². The third-order valence-corrected chi connectivity index (χ3v) is 4.32. The molecule has 1 aromatic heterocycles. The van der Waals surface area contributed by atoms with E-state index in [1.165, 1.54) is 18.2 Å². The topological polar surface area (TPSA) is 56.0 Å². The highest BCUT2D eigenvalue weighted by molar-refractivity contribution is 6.31. The summed E-state index contributed by atoms with van der Waals surface area (Å²) >= 11 is 6.12. The van der Waals surface area contributed by atoms with E-state index in [0.29, 0.717) is 11.4 Å². The van der Waals surface area contributed by atoms with Crippen LogP contribution in [0.1, 0.15) is 22.7 Å². The van der Waals surface area contributed by atoms with Crippen LogP contribution in [0, 0.1) is 12.7 Å². The van der Waals surface area contributed by atoms with E-state index in [-0.39, 0.29) is 10.6 Å². The molecule has 0 fully saturated rings. The Morgan fingerprint density at radius 2 is 1.76 bits per heavy atom. The number of hydrogen-bond donors (Lipinski definition) is 1. The number of nitrogens with two attached hydrogens (primary N) is 1. The van der Waals surface area contributed by atoms with E-state index in [0.717, 1.165) is 11.1 Å². The first kappa shape index (κ1) is 17.1. The van der Waals surface area contributed by atoms with Gasteiger partial charge in [-0.3, -0.25) is 9.78 Å². The van der Waals surface area contributed by atoms with Crippen LogP contribution in [0.15, 0.2) is 60.7 Å². The Bertz CT molecular complexity index is 905. The van der Waals surface area contributed by atoms with Gasteiger partial charge in [-0.25, -0.2) is 4.39 Å². The molecule has 5 heteroatoms. The van der Waals surface area contributed by atoms with E-state index in [2.05, 4.69) is 4.98 Å². The summed E-state index contributed by atoms with van der Waals surface area (Å²) in [7, 11) is 0. The molecule has 3 nitrogen and oxygen atoms in total. The summed E-state index contributed by atoms with van der Waals surface area (Å²) in [6.07, 6.45) is 0. The fourth-order valence-electron chi connectivity index (χ4n) is 2.72. The molecular weight excluding hydrogens is 339 g/mol. The molecule has 0 saturated carbocycles. The van der Waals surface area contributed by atoms with Crippen LogP contribution in [0.4, 0.5) is 4.39 Å². The Hall–Kier alpha value is -2.72. The molecule has 1 unspecified atom stereocenters. The molecule has 0 aliphatic rings. The van der Waals surface area contributed by atoms with Gasteiger partial charge in [0.25, 0.3) is 0 Å². The van der Waals surface area contributed by atoms with E-state index >= 15 is 0 Å². The van der Waals surface area contributed by atoms with Gasteiger partial charge in [0.1, 0.15) is 11.7 Å². The van der Waals surface area contributed by atoms with Crippen molar-refractivity contribution in [1.82, 2.24) is 4.98 Å². The van der Waals surface area contributed by atoms with Crippen LogP contribution in [0.5, 0.6) is 0 Å². The maximum Gasteiger partial charge on any atom is 0.231 e. The molecule has 126 valence electrons. The number of hydrogen-bond acceptors (Lipinski definition) is 2. The zero-order valence-corrected chi connectivity index (χ0v) is 14.3. The lowest BCUT2D eigenvalue weighted by Gasteiger charge is -2.16. The number of aryl methyl sites for hydroxylation is 1. The summed E-state index contributed by atoms with van der Waals surface area (Å²) < 4.78 is 14.3. The van der Waals surface area contributed by atoms with Crippen LogP contribution in [-0.2, 0) is 4.79 Å². The number of halogens is 2. The first-order valence-corrected chi connectivity index (χ1v) is 8.12. The third kappa shape index (κ3) is 3.54. The SMILES string of the molecule is Cc1ccc(-c2cccc(C(C(N)=O)c3c(F)cccc3Cl)n2)cc1. The maximum absolute atomic E-state index is 14.3. The predicted octanol–water partition coefficient (Wildman–Crippen LogP) is 4.47. The van der Waals surface area contributed by atoms with Gasteiger partial charge in [0.05, 0.1) is 11.4 Å². The van der Waals surface area contributed by atoms with Crippen molar-refractivity contribution in [1.29, 1.82) is 0 Å². The number of amides is 1. The second kappa shape index (κ2) is 7.03. The molecule has 0 saturated heterocycles. The first-order valence-electron chi connectivity index (χ1n) is 7.74. The predicted molar refractivity (Wildman–Crippen MR) is 96.9 cm³/mol. The first-order chi connectivity index (χ1) is 12.0. The second-order valence-electron chi connectivity index (χ2n) is 5.78. The Labute approximate surface area is 150 Å². The van der Waals surface area contributed by atoms with E-state index in [1.54, 1.807) is 12.1 Å². The number of benzene rings is 2. The second-order valence-corrected chi connectivity index (χ2v) is 6.19. The molecule has 1 heterocycles. The Balaban J connectivity index is 2.11. The molecule has 0 aliphatic heterocycles. The van der Waals surface area contributed by atoms with Crippen molar-refractivity contribution in [3.8, 4) is 11.3 Å². The van der Waals surface area contributed by atoms with Crippen molar-refractivity contribution in [2.24, 2.45) is 5.73 Å². The van der Waals surface area contributed by atoms with Crippen LogP contribution < -0.4 is 5.73 Å². The van der Waals surface area contributed by atoms with Crippen LogP contribution in [0.2, 0.25) is 5.02 Å². The molecule has 3 rings (SSSR count). The molecule has 25 heavy (non-hydrogen) atoms. The number of carbonyl (C=O) groups is 1. The lowest BCUT2D eigenvalue weighted by Crippen LogP contribution is -2.24. The molecular formula is C20H16ClFN2O. The van der Waals surface area contributed by atoms with Crippen molar-refractivity contribution < 1.29 is 9.18 Å². The minimum atomic E-state index is -1.06. The number of nitrogens with zero attached hydrogens (tertiary/aromatic N) is 1. The summed E-state index contributed by atoms with van der Waals surface area (Å²) in [4.78, 5) is 16.6. The quantitative estimate of drug-likeness (QED) is 0.751. The summed E-state index contributed by atoms with van der Waals surface area (Å²) in [5, 5.41) is 0.145. The Morgan fingerprint density at radius 1 is 1.08 bits per heavy atom. The molecule has 2 N–H and O–H groups in total. The molecule has 1 atom stereocenters. The summed E-state index contributed by atoms with van der Waals surface area (Å²) in [6.45, 7) is 2.00. The number of primary amides is 1. The maximum atomic E-state index is 14.3. The zero-order chi connectivity index (χ0) is 18.0. The normalized spacial score (nSPS) is 12.0. The van der Waals surface area contributed by atoms with Crippen LogP contribution in [0.3, 0.4) is 0 Å². The Morgan fingerprint density at radius 3 is 2.40 bits per heavy atom. The van der Waals surface area contributed by atoms with Gasteiger partial charge < -0.3 is 5.73 Å². The van der Waals surface area contributed by atoms with Crippen molar-refractivity contribution in [2.45, 2.75) is 12.8 Å². The lowest BCUT2D eigenvalue weighted by molar-refractivity contribution is -0.118. The van der Waals surface area contributed by atoms with Crippen molar-refractivity contribution >= 4 is 17.5 Å². The van der Waals surface area contributed by atoms with E-state index in [1.807, 2.05) is 37.3 Å². The minimum absolute atomic E-state index is 0.0465. The highest BCUT2D eigenvalue weighted by Crippen LogP contribution is 2.32. The third-order valence-electron chi connectivity index (χ3n) is 3.99. The van der Waals surface area contributed by atoms with Gasteiger partial charge >= 0.3 is 0 Å². The molecule has 1 amide bonds. The molecule has 2 aromatic carbocycles. The largest absolute Gasteiger partial charge is 0.369 e. The molecule has 0 spiro atoms. The summed E-state index contributed by atoms with van der Waals surface area (Å²) in [5.74, 6) is -2.35. The zero-order valence-electron chi connectivity index (χ0n) is 13.5. The molecule has 3 aromatic rings. The van der Waals surface area contributed by atoms with Gasteiger partial charge in [-0.2, -0.15) is 0 Å². The summed E-state index contributed by atoms with van der Waals surface area (Å²) in [5.41, 5.74) is 8.66. The van der Waals surface area contributed by atoms with E-state index in [4.69, 9.17) is 17.3 Å². The van der Waals surface area contributed by atoms with E-state index in [9.17, 15) is 9.18 Å². The number of aromatic nitrogens is 1. The van der Waals surface area contributed by atoms with Crippen LogP contribution >= 0.6 is 11.6 Å². The minimum Gasteiger partial charge on any atom is -0.369 e. The lowest BCUT2D eigenvalue weighted by atomic mass is 9.93. The highest BCUT2D eigenvalue weighted by atomic mass is 35.5. The summed E-state index contributed by atoms with van der Waals surface area (Å²) in [6, 6.07) is 17.3. The van der Waals surface area contributed by atoms with Gasteiger partial charge in [-0.15, -0.1) is 0 Å². The standard InChI is InChI=1S/C20H16ClFN2O/c1-12-8-10-13(11-9-12)16-6-3-7-17(24-16)19(20(23)25)18-14(21)4-2-5-15(18)22/h2-11,19H,1H3,(H2,23,25). The van der Waals surface area contributed by atoms with Gasteiger partial charge in [0.2, 0.25) is 5.91 Å². The monoisotopic (exact) mass is 354 g/mol. The van der Waals surface area contributed by atoms with Gasteiger partial charge in [-0.05, 0) is 31.2 Å². The Kier molecular flexibility index (Phi) is 4.81. The van der Waals surface area contributed by atoms with Gasteiger partial charge in [0.15, 0.2) is 0 Å². The number of pyridine rings is 1. The highest BCUT2D eigenvalue weighted by Gasteiger charge is 2.27. The smallest absolute Gasteiger partial charge is 0.231 e. The molecule has 0 aliphatic carbocycles. The van der Waals surface area contributed by atoms with Gasteiger partial charge in [0, 0.05) is 16.1 Å². The van der Waals surface area contributed by atoms with Crippen molar-refractivity contribution in [3.05, 3.63) is 88.3 Å². The van der Waals surface area contributed by atoms with Crippen molar-refractivity contribution in [3.63, 3.8) is 0 Å².